The van der Waals surface area contributed by atoms with Gasteiger partial charge in [-0.3, -0.25) is 0 Å². The fourth-order valence-corrected chi connectivity index (χ4v) is 1.33. The van der Waals surface area contributed by atoms with E-state index in [1.54, 1.807) is 7.11 Å². The third-order valence-electron chi connectivity index (χ3n) is 2.40. The summed E-state index contributed by atoms with van der Waals surface area (Å²) in [5, 5.41) is 3.44. The molecule has 0 aromatic heterocycles. The van der Waals surface area contributed by atoms with Crippen molar-refractivity contribution in [2.75, 3.05) is 33.5 Å². The first kappa shape index (κ1) is 11.0. The Hall–Kier alpha value is -0.120. The highest BCUT2D eigenvalue weighted by Crippen LogP contribution is 2.28. The van der Waals surface area contributed by atoms with Gasteiger partial charge in [-0.1, -0.05) is 6.92 Å². The molecule has 0 heterocycles. The minimum atomic E-state index is 0.766. The van der Waals surface area contributed by atoms with Crippen molar-refractivity contribution in [3.05, 3.63) is 0 Å². The molecule has 1 saturated carbocycles. The monoisotopic (exact) mass is 187 g/mol. The molecule has 3 nitrogen and oxygen atoms in total. The molecule has 1 aliphatic rings. The van der Waals surface area contributed by atoms with Gasteiger partial charge in [0.05, 0.1) is 6.61 Å². The lowest BCUT2D eigenvalue weighted by atomic mass is 10.5. The summed E-state index contributed by atoms with van der Waals surface area (Å²) >= 11 is 0. The summed E-state index contributed by atoms with van der Waals surface area (Å²) in [5.74, 6) is 0.883. The lowest BCUT2D eigenvalue weighted by molar-refractivity contribution is 0.104. The van der Waals surface area contributed by atoms with Crippen molar-refractivity contribution >= 4 is 0 Å². The molecule has 2 atom stereocenters. The van der Waals surface area contributed by atoms with Crippen molar-refractivity contribution < 1.29 is 9.47 Å². The highest BCUT2D eigenvalue weighted by Gasteiger charge is 2.31. The van der Waals surface area contributed by atoms with E-state index in [9.17, 15) is 0 Å². The van der Waals surface area contributed by atoms with Crippen LogP contribution in [0.4, 0.5) is 0 Å². The molecule has 2 unspecified atom stereocenters. The van der Waals surface area contributed by atoms with Crippen LogP contribution < -0.4 is 5.32 Å². The quantitative estimate of drug-likeness (QED) is 0.576. The van der Waals surface area contributed by atoms with Crippen molar-refractivity contribution in [3.63, 3.8) is 0 Å². The minimum absolute atomic E-state index is 0.766. The van der Waals surface area contributed by atoms with Crippen LogP contribution in [0.3, 0.4) is 0 Å². The molecule has 0 bridgehead atoms. The molecule has 1 N–H and O–H groups in total. The molecule has 0 saturated heterocycles. The summed E-state index contributed by atoms with van der Waals surface area (Å²) in [5.41, 5.74) is 0. The van der Waals surface area contributed by atoms with Gasteiger partial charge in [0.15, 0.2) is 0 Å². The zero-order chi connectivity index (χ0) is 9.52. The second-order valence-corrected chi connectivity index (χ2v) is 3.73. The van der Waals surface area contributed by atoms with Crippen LogP contribution >= 0.6 is 0 Å². The zero-order valence-electron chi connectivity index (χ0n) is 8.71. The standard InChI is InChI=1S/C10H21NO2/c1-9-8-10(9)11-4-7-13-6-3-5-12-2/h9-11H,3-8H2,1-2H3. The minimum Gasteiger partial charge on any atom is -0.385 e. The second-order valence-electron chi connectivity index (χ2n) is 3.73. The second kappa shape index (κ2) is 6.35. The lowest BCUT2D eigenvalue weighted by Gasteiger charge is -2.04. The first-order valence-electron chi connectivity index (χ1n) is 5.14. The Morgan fingerprint density at radius 3 is 2.69 bits per heavy atom. The molecule has 78 valence electrons. The van der Waals surface area contributed by atoms with Gasteiger partial charge in [-0.15, -0.1) is 0 Å². The molecule has 1 rings (SSSR count). The maximum Gasteiger partial charge on any atom is 0.0591 e. The Labute approximate surface area is 80.8 Å². The SMILES string of the molecule is COCCCOCCNC1CC1C. The highest BCUT2D eigenvalue weighted by molar-refractivity contribution is 4.89. The average molecular weight is 187 g/mol. The number of ether oxygens (including phenoxy) is 2. The third kappa shape index (κ3) is 5.24. The van der Waals surface area contributed by atoms with Gasteiger partial charge in [-0.2, -0.15) is 0 Å². The Bertz CT molecular complexity index is 130. The number of hydrogen-bond donors (Lipinski definition) is 1. The Morgan fingerprint density at radius 2 is 2.08 bits per heavy atom. The maximum absolute atomic E-state index is 5.41. The molecule has 1 aliphatic carbocycles. The fraction of sp³-hybridized carbons (Fsp3) is 1.00. The molecule has 0 aromatic rings. The van der Waals surface area contributed by atoms with Crippen LogP contribution in [-0.2, 0) is 9.47 Å². The first-order valence-corrected chi connectivity index (χ1v) is 5.14. The van der Waals surface area contributed by atoms with E-state index in [2.05, 4.69) is 12.2 Å². The molecule has 0 radical (unpaired) electrons. The van der Waals surface area contributed by atoms with Crippen molar-refractivity contribution in [1.82, 2.24) is 5.32 Å². The van der Waals surface area contributed by atoms with Crippen LogP contribution in [0, 0.1) is 5.92 Å². The molecule has 0 aliphatic heterocycles. The van der Waals surface area contributed by atoms with Gasteiger partial charge >= 0.3 is 0 Å². The number of methoxy groups -OCH3 is 1. The third-order valence-corrected chi connectivity index (χ3v) is 2.40. The lowest BCUT2D eigenvalue weighted by Crippen LogP contribution is -2.23. The van der Waals surface area contributed by atoms with Crippen molar-refractivity contribution in [1.29, 1.82) is 0 Å². The molecule has 0 spiro atoms. The van der Waals surface area contributed by atoms with Gasteiger partial charge < -0.3 is 14.8 Å². The largest absolute Gasteiger partial charge is 0.385 e. The zero-order valence-corrected chi connectivity index (χ0v) is 8.71. The predicted octanol–water partition coefficient (Wildman–Crippen LogP) is 1.04. The number of hydrogen-bond acceptors (Lipinski definition) is 3. The van der Waals surface area contributed by atoms with Crippen molar-refractivity contribution in [2.24, 2.45) is 5.92 Å². The Kier molecular flexibility index (Phi) is 5.35. The predicted molar refractivity (Wildman–Crippen MR) is 52.9 cm³/mol. The smallest absolute Gasteiger partial charge is 0.0591 e. The summed E-state index contributed by atoms with van der Waals surface area (Å²) in [6, 6.07) is 0.766. The van der Waals surface area contributed by atoms with E-state index in [0.29, 0.717) is 0 Å². The van der Waals surface area contributed by atoms with E-state index in [4.69, 9.17) is 9.47 Å². The van der Waals surface area contributed by atoms with Gasteiger partial charge in [0.25, 0.3) is 0 Å². The van der Waals surface area contributed by atoms with Crippen LogP contribution in [0.15, 0.2) is 0 Å². The number of rotatable bonds is 8. The van der Waals surface area contributed by atoms with Gasteiger partial charge in [0, 0.05) is 32.9 Å². The van der Waals surface area contributed by atoms with Crippen molar-refractivity contribution in [3.8, 4) is 0 Å². The summed E-state index contributed by atoms with van der Waals surface area (Å²) in [7, 11) is 1.72. The summed E-state index contributed by atoms with van der Waals surface area (Å²) in [6.07, 6.45) is 2.33. The van der Waals surface area contributed by atoms with Crippen LogP contribution in [-0.4, -0.2) is 39.5 Å². The van der Waals surface area contributed by atoms with Crippen LogP contribution in [0.5, 0.6) is 0 Å². The van der Waals surface area contributed by atoms with E-state index in [0.717, 1.165) is 44.7 Å². The van der Waals surface area contributed by atoms with Gasteiger partial charge in [0.2, 0.25) is 0 Å². The summed E-state index contributed by atoms with van der Waals surface area (Å²) in [4.78, 5) is 0. The molecule has 0 aromatic carbocycles. The summed E-state index contributed by atoms with van der Waals surface area (Å²) < 4.78 is 10.3. The topological polar surface area (TPSA) is 30.5 Å². The normalized spacial score (nSPS) is 26.3. The summed E-state index contributed by atoms with van der Waals surface area (Å²) in [6.45, 7) is 5.70. The van der Waals surface area contributed by atoms with Gasteiger partial charge in [0.1, 0.15) is 0 Å². The average Bonchev–Trinajstić information content (AvgIpc) is 2.81. The van der Waals surface area contributed by atoms with Gasteiger partial charge in [-0.05, 0) is 18.8 Å². The van der Waals surface area contributed by atoms with E-state index in [1.165, 1.54) is 6.42 Å². The number of nitrogens with one attached hydrogen (secondary N) is 1. The van der Waals surface area contributed by atoms with Crippen LogP contribution in [0.1, 0.15) is 19.8 Å². The molecular formula is C10H21NO2. The van der Waals surface area contributed by atoms with E-state index in [-0.39, 0.29) is 0 Å². The van der Waals surface area contributed by atoms with E-state index in [1.807, 2.05) is 0 Å². The van der Waals surface area contributed by atoms with Crippen molar-refractivity contribution in [2.45, 2.75) is 25.8 Å². The fourth-order valence-electron chi connectivity index (χ4n) is 1.33. The molecule has 3 heteroatoms. The van der Waals surface area contributed by atoms with Crippen LogP contribution in [0.2, 0.25) is 0 Å². The molecule has 1 fully saturated rings. The Balaban J connectivity index is 1.69. The van der Waals surface area contributed by atoms with Crippen LogP contribution in [0.25, 0.3) is 0 Å². The van der Waals surface area contributed by atoms with Gasteiger partial charge in [-0.25, -0.2) is 0 Å². The maximum atomic E-state index is 5.41. The molecular weight excluding hydrogens is 166 g/mol. The molecule has 13 heavy (non-hydrogen) atoms. The first-order chi connectivity index (χ1) is 6.34. The van der Waals surface area contributed by atoms with E-state index >= 15 is 0 Å². The highest BCUT2D eigenvalue weighted by atomic mass is 16.5. The Morgan fingerprint density at radius 1 is 1.31 bits per heavy atom. The molecule has 0 amide bonds. The van der Waals surface area contributed by atoms with E-state index < -0.39 is 0 Å².